The molecule has 2 heterocycles. The number of phenols is 1. The molecule has 0 unspecified atom stereocenters. The molecule has 1 saturated heterocycles. The number of hydrogen-bond donors (Lipinski definition) is 2. The van der Waals surface area contributed by atoms with Crippen LogP contribution in [0, 0.1) is 11.8 Å². The second kappa shape index (κ2) is 9.35. The number of nitrogens with one attached hydrogen (secondary N) is 1. The Labute approximate surface area is 194 Å². The summed E-state index contributed by atoms with van der Waals surface area (Å²) >= 11 is 0. The molecule has 0 spiro atoms. The molecular formula is C26H32NO6+. The van der Waals surface area contributed by atoms with Gasteiger partial charge in [-0.15, -0.1) is 0 Å². The molecule has 7 nitrogen and oxygen atoms in total. The second-order valence-corrected chi connectivity index (χ2v) is 9.08. The predicted octanol–water partition coefficient (Wildman–Crippen LogP) is 3.10. The summed E-state index contributed by atoms with van der Waals surface area (Å²) in [6.45, 7) is 7.22. The number of rotatable bonds is 6. The Balaban J connectivity index is 1.68. The van der Waals surface area contributed by atoms with E-state index in [0.29, 0.717) is 58.1 Å². The van der Waals surface area contributed by atoms with Crippen molar-refractivity contribution in [3.63, 3.8) is 0 Å². The Hall–Kier alpha value is -3.19. The average Bonchev–Trinajstić information content (AvgIpc) is 3.10. The predicted molar refractivity (Wildman–Crippen MR) is 124 cm³/mol. The molecular weight excluding hydrogens is 422 g/mol. The number of aromatic hydroxyl groups is 1. The molecule has 1 fully saturated rings. The number of carbonyl (C=O) groups is 1. The largest absolute Gasteiger partial charge is 0.507 e. The Morgan fingerprint density at radius 2 is 1.73 bits per heavy atom. The van der Waals surface area contributed by atoms with Gasteiger partial charge in [-0.3, -0.25) is 4.79 Å². The summed E-state index contributed by atoms with van der Waals surface area (Å²) in [5.41, 5.74) is 1.77. The quantitative estimate of drug-likeness (QED) is 0.653. The van der Waals surface area contributed by atoms with Crippen molar-refractivity contribution in [2.45, 2.75) is 26.8 Å². The lowest BCUT2D eigenvalue weighted by atomic mass is 9.91. The van der Waals surface area contributed by atoms with Crippen LogP contribution in [0.2, 0.25) is 0 Å². The van der Waals surface area contributed by atoms with Crippen molar-refractivity contribution in [2.24, 2.45) is 11.8 Å². The summed E-state index contributed by atoms with van der Waals surface area (Å²) in [6, 6.07) is 6.75. The highest BCUT2D eigenvalue weighted by atomic mass is 16.5. The summed E-state index contributed by atoms with van der Waals surface area (Å²) in [5.74, 6) is 3.22. The first-order valence-electron chi connectivity index (χ1n) is 11.3. The zero-order chi connectivity index (χ0) is 23.7. The number of phenolic OH excluding ortho intramolecular Hbond substituents is 1. The second-order valence-electron chi connectivity index (χ2n) is 9.08. The molecule has 0 radical (unpaired) electrons. The highest BCUT2D eigenvalue weighted by Crippen LogP contribution is 2.43. The molecule has 176 valence electrons. The first kappa shape index (κ1) is 23.0. The smallest absolute Gasteiger partial charge is 0.231 e. The Bertz CT molecular complexity index is 1080. The molecule has 2 aliphatic heterocycles. The fourth-order valence-corrected chi connectivity index (χ4v) is 5.16. The number of Topliss-reactive ketones (excluding diaryl/α,β-unsaturated/α-hetero) is 1. The lowest BCUT2D eigenvalue weighted by Crippen LogP contribution is -3.13. The van der Waals surface area contributed by atoms with Crippen molar-refractivity contribution in [3.8, 4) is 28.7 Å². The molecule has 2 aromatic carbocycles. The van der Waals surface area contributed by atoms with E-state index in [2.05, 4.69) is 13.8 Å². The van der Waals surface area contributed by atoms with Gasteiger partial charge in [0.1, 0.15) is 12.3 Å². The van der Waals surface area contributed by atoms with Crippen LogP contribution in [0.15, 0.2) is 30.0 Å². The van der Waals surface area contributed by atoms with Crippen molar-refractivity contribution in [3.05, 3.63) is 46.7 Å². The van der Waals surface area contributed by atoms with Gasteiger partial charge in [0.25, 0.3) is 0 Å². The van der Waals surface area contributed by atoms with Gasteiger partial charge < -0.3 is 29.0 Å². The highest BCUT2D eigenvalue weighted by Gasteiger charge is 2.34. The number of carbonyl (C=O) groups excluding carboxylic acids is 1. The number of fused-ring (bicyclic) bond motifs is 1. The van der Waals surface area contributed by atoms with Gasteiger partial charge in [0.15, 0.2) is 23.0 Å². The number of ketones is 1. The van der Waals surface area contributed by atoms with Crippen molar-refractivity contribution >= 4 is 11.9 Å². The molecule has 7 heteroatoms. The van der Waals surface area contributed by atoms with Crippen LogP contribution < -0.4 is 23.8 Å². The standard InChI is InChI=1S/C26H31NO6/c1-15-10-16(2)13-27(12-15)14-19-20(28)8-7-18-23(29)22(33-25(18)19)11-17-6-9-21(30-3)26(32-5)24(17)31-4/h6-9,11,15-16,28H,10,12-14H2,1-5H3/p+1/b22-11-/t15-,16-/m0/s1. The van der Waals surface area contributed by atoms with E-state index < -0.39 is 0 Å². The van der Waals surface area contributed by atoms with E-state index in [1.165, 1.54) is 25.5 Å². The van der Waals surface area contributed by atoms with Gasteiger partial charge in [-0.05, 0) is 36.8 Å². The van der Waals surface area contributed by atoms with Gasteiger partial charge in [-0.1, -0.05) is 13.8 Å². The van der Waals surface area contributed by atoms with Crippen LogP contribution in [0.1, 0.15) is 41.8 Å². The lowest BCUT2D eigenvalue weighted by molar-refractivity contribution is -0.925. The summed E-state index contributed by atoms with van der Waals surface area (Å²) in [7, 11) is 4.62. The van der Waals surface area contributed by atoms with Crippen LogP contribution in [0.4, 0.5) is 0 Å². The molecule has 2 aliphatic rings. The SMILES string of the molecule is COc1ccc(/C=C2\Oc3c(ccc(O)c3C[NH+]3C[C@@H](C)C[C@H](C)C3)C2=O)c(OC)c1OC. The van der Waals surface area contributed by atoms with Crippen LogP contribution in [-0.2, 0) is 6.54 Å². The van der Waals surface area contributed by atoms with E-state index in [1.54, 1.807) is 37.5 Å². The van der Waals surface area contributed by atoms with E-state index in [0.717, 1.165) is 13.1 Å². The van der Waals surface area contributed by atoms with Crippen LogP contribution in [0.5, 0.6) is 28.7 Å². The zero-order valence-corrected chi connectivity index (χ0v) is 19.9. The van der Waals surface area contributed by atoms with E-state index in [9.17, 15) is 9.90 Å². The lowest BCUT2D eigenvalue weighted by Gasteiger charge is -2.32. The Kier molecular flexibility index (Phi) is 6.51. The number of likely N-dealkylation sites (tertiary alicyclic amines) is 1. The van der Waals surface area contributed by atoms with Gasteiger partial charge in [-0.25, -0.2) is 0 Å². The first-order valence-corrected chi connectivity index (χ1v) is 11.3. The van der Waals surface area contributed by atoms with E-state index in [4.69, 9.17) is 18.9 Å². The number of allylic oxidation sites excluding steroid dienone is 1. The summed E-state index contributed by atoms with van der Waals surface area (Å²) in [6.07, 6.45) is 2.86. The van der Waals surface area contributed by atoms with Crippen molar-refractivity contribution in [1.82, 2.24) is 0 Å². The molecule has 2 aromatic rings. The third-order valence-corrected chi connectivity index (χ3v) is 6.44. The van der Waals surface area contributed by atoms with Crippen molar-refractivity contribution in [2.75, 3.05) is 34.4 Å². The van der Waals surface area contributed by atoms with Crippen molar-refractivity contribution in [1.29, 1.82) is 0 Å². The van der Waals surface area contributed by atoms with E-state index >= 15 is 0 Å². The Morgan fingerprint density at radius 1 is 1.03 bits per heavy atom. The fourth-order valence-electron chi connectivity index (χ4n) is 5.16. The molecule has 0 aliphatic carbocycles. The molecule has 0 amide bonds. The maximum atomic E-state index is 13.2. The molecule has 2 atom stereocenters. The number of benzene rings is 2. The molecule has 33 heavy (non-hydrogen) atoms. The van der Waals surface area contributed by atoms with Crippen LogP contribution in [0.25, 0.3) is 6.08 Å². The fraction of sp³-hybridized carbons (Fsp3) is 0.423. The zero-order valence-electron chi connectivity index (χ0n) is 19.9. The number of methoxy groups -OCH3 is 3. The van der Waals surface area contributed by atoms with Gasteiger partial charge in [-0.2, -0.15) is 0 Å². The summed E-state index contributed by atoms with van der Waals surface area (Å²) in [5, 5.41) is 10.6. The Morgan fingerprint density at radius 3 is 2.36 bits per heavy atom. The molecule has 2 N–H and O–H groups in total. The van der Waals surface area contributed by atoms with Crippen LogP contribution in [0.3, 0.4) is 0 Å². The number of hydrogen-bond acceptors (Lipinski definition) is 6. The van der Waals surface area contributed by atoms with Gasteiger partial charge >= 0.3 is 0 Å². The minimum atomic E-state index is -0.224. The maximum absolute atomic E-state index is 13.2. The van der Waals surface area contributed by atoms with E-state index in [1.807, 2.05) is 0 Å². The monoisotopic (exact) mass is 454 g/mol. The van der Waals surface area contributed by atoms with Crippen molar-refractivity contribution < 1.29 is 33.7 Å². The van der Waals surface area contributed by atoms with Crippen LogP contribution >= 0.6 is 0 Å². The third kappa shape index (κ3) is 4.37. The molecule has 0 aromatic heterocycles. The minimum absolute atomic E-state index is 0.157. The highest BCUT2D eigenvalue weighted by molar-refractivity contribution is 6.15. The van der Waals surface area contributed by atoms with Crippen LogP contribution in [-0.4, -0.2) is 45.3 Å². The average molecular weight is 455 g/mol. The number of piperidine rings is 1. The van der Waals surface area contributed by atoms with Gasteiger partial charge in [0, 0.05) is 17.4 Å². The van der Waals surface area contributed by atoms with E-state index in [-0.39, 0.29) is 17.3 Å². The minimum Gasteiger partial charge on any atom is -0.507 e. The normalized spacial score (nSPS) is 23.2. The van der Waals surface area contributed by atoms with Gasteiger partial charge in [0.2, 0.25) is 11.5 Å². The molecule has 0 saturated carbocycles. The molecule has 0 bridgehead atoms. The summed E-state index contributed by atoms with van der Waals surface area (Å²) < 4.78 is 22.4. The summed E-state index contributed by atoms with van der Waals surface area (Å²) in [4.78, 5) is 14.5. The molecule has 4 rings (SSSR count). The third-order valence-electron chi connectivity index (χ3n) is 6.44. The maximum Gasteiger partial charge on any atom is 0.231 e. The van der Waals surface area contributed by atoms with Gasteiger partial charge in [0.05, 0.1) is 45.5 Å². The number of quaternary nitrogens is 1. The first-order chi connectivity index (χ1) is 15.9. The number of ether oxygens (including phenoxy) is 4. The topological polar surface area (TPSA) is 78.7 Å².